The van der Waals surface area contributed by atoms with E-state index in [0.717, 1.165) is 0 Å². The topological polar surface area (TPSA) is 260 Å². The first-order chi connectivity index (χ1) is 29.2. The lowest BCUT2D eigenvalue weighted by molar-refractivity contribution is -0.250. The number of aliphatic hydroxyl groups excluding tert-OH is 1. The first-order valence-corrected chi connectivity index (χ1v) is 20.6. The lowest BCUT2D eigenvalue weighted by Gasteiger charge is -2.43. The second-order valence-electron chi connectivity index (χ2n) is 16.3. The van der Waals surface area contributed by atoms with Crippen LogP contribution in [0.15, 0.2) is 18.2 Å². The molecule has 3 aliphatic rings. The molecule has 19 nitrogen and oxygen atoms in total. The van der Waals surface area contributed by atoms with Gasteiger partial charge in [0.05, 0.1) is 48.7 Å². The Kier molecular flexibility index (Phi) is 15.4. The molecule has 1 heterocycles. The van der Waals surface area contributed by atoms with E-state index >= 15 is 0 Å². The number of nitrogens with zero attached hydrogens (tertiary/aromatic N) is 2. The van der Waals surface area contributed by atoms with E-state index in [1.54, 1.807) is 14.0 Å². The molecule has 1 fully saturated rings. The first kappa shape index (κ1) is 47.9. The fraction of sp³-hybridized carbons (Fsp3) is 0.581. The summed E-state index contributed by atoms with van der Waals surface area (Å²) in [6.45, 7) is 8.26. The third-order valence-corrected chi connectivity index (χ3v) is 11.3. The number of benzene rings is 2. The van der Waals surface area contributed by atoms with Crippen LogP contribution in [0, 0.1) is 0 Å². The molecule has 0 saturated carbocycles. The molecular weight excluding hydrogens is 812 g/mol. The van der Waals surface area contributed by atoms with Gasteiger partial charge in [-0.2, -0.15) is 0 Å². The molecule has 6 atom stereocenters. The summed E-state index contributed by atoms with van der Waals surface area (Å²) in [6, 6.07) is 3.78. The standard InChI is InChI=1S/C43H58N4O15/c1-21(2)45-20-30(50)46(6)15-16-47(7)42(56)43(57)18-26-34(41(55)36-35(39(26)53)38(52)25-11-9-12-28(58-8)33(25)40(36)54)29(19-43)62-32-17-27(37(51)22(3)59-32)44-14-10-13-31(60-23(4)48)61-24(5)49/h9,11-12,21-22,27,29,31-32,37,44-45,51,53,55,57H,10,13-20H2,1-8H3/t22?,27?,29-,32?,37?,43-/m0/s1. The number of hydrogen-bond donors (Lipinski definition) is 6. The molecule has 340 valence electrons. The van der Waals surface area contributed by atoms with Crippen molar-refractivity contribution < 1.29 is 72.9 Å². The minimum atomic E-state index is -2.31. The number of ether oxygens (including phenoxy) is 5. The number of methoxy groups -OCH3 is 1. The Labute approximate surface area is 359 Å². The maximum atomic E-state index is 14.3. The fourth-order valence-electron chi connectivity index (χ4n) is 8.10. The molecular formula is C43H58N4O15. The lowest BCUT2D eigenvalue weighted by Crippen LogP contribution is -2.55. The molecule has 0 bridgehead atoms. The monoisotopic (exact) mass is 870 g/mol. The van der Waals surface area contributed by atoms with E-state index in [4.69, 9.17) is 23.7 Å². The van der Waals surface area contributed by atoms with Gasteiger partial charge in [-0.15, -0.1) is 0 Å². The Bertz CT molecular complexity index is 2040. The van der Waals surface area contributed by atoms with Gasteiger partial charge in [-0.3, -0.25) is 28.8 Å². The number of ketones is 2. The Morgan fingerprint density at radius 1 is 0.968 bits per heavy atom. The third kappa shape index (κ3) is 10.4. The van der Waals surface area contributed by atoms with Crippen molar-refractivity contribution in [2.45, 2.75) is 115 Å². The average molecular weight is 871 g/mol. The lowest BCUT2D eigenvalue weighted by atomic mass is 9.72. The van der Waals surface area contributed by atoms with Crippen molar-refractivity contribution in [3.8, 4) is 17.2 Å². The van der Waals surface area contributed by atoms with Gasteiger partial charge in [-0.25, -0.2) is 0 Å². The number of aromatic hydroxyl groups is 2. The molecule has 0 aromatic heterocycles. The largest absolute Gasteiger partial charge is 0.507 e. The van der Waals surface area contributed by atoms with Crippen LogP contribution >= 0.6 is 0 Å². The number of phenolic OH excluding ortho intramolecular Hbond substituents is 2. The molecule has 0 radical (unpaired) electrons. The number of fused-ring (bicyclic) bond motifs is 3. The number of aliphatic hydroxyl groups is 2. The Balaban J connectivity index is 1.46. The quantitative estimate of drug-likeness (QED) is 0.0482. The van der Waals surface area contributed by atoms with Crippen LogP contribution in [0.2, 0.25) is 0 Å². The van der Waals surface area contributed by atoms with Crippen molar-refractivity contribution in [3.05, 3.63) is 51.6 Å². The van der Waals surface area contributed by atoms with Gasteiger partial charge in [0.2, 0.25) is 18.0 Å². The van der Waals surface area contributed by atoms with Crippen molar-refractivity contribution in [2.24, 2.45) is 0 Å². The average Bonchev–Trinajstić information content (AvgIpc) is 3.21. The molecule has 2 aromatic carbocycles. The van der Waals surface area contributed by atoms with Crippen LogP contribution in [-0.2, 0) is 44.5 Å². The number of phenols is 2. The smallest absolute Gasteiger partial charge is 0.305 e. The van der Waals surface area contributed by atoms with E-state index in [9.17, 15) is 49.2 Å². The number of likely N-dealkylation sites (N-methyl/N-ethyl adjacent to an activating group) is 2. The summed E-state index contributed by atoms with van der Waals surface area (Å²) in [4.78, 5) is 80.8. The Morgan fingerprint density at radius 2 is 1.61 bits per heavy atom. The van der Waals surface area contributed by atoms with Gasteiger partial charge in [0.1, 0.15) is 22.8 Å². The maximum absolute atomic E-state index is 14.3. The fourth-order valence-corrected chi connectivity index (χ4v) is 8.10. The van der Waals surface area contributed by atoms with E-state index in [2.05, 4.69) is 10.6 Å². The number of nitrogens with one attached hydrogen (secondary N) is 2. The van der Waals surface area contributed by atoms with Crippen molar-refractivity contribution in [2.75, 3.05) is 47.4 Å². The number of esters is 2. The zero-order valence-corrected chi connectivity index (χ0v) is 36.3. The van der Waals surface area contributed by atoms with Gasteiger partial charge in [0.15, 0.2) is 12.1 Å². The van der Waals surface area contributed by atoms with Crippen LogP contribution in [-0.4, -0.2) is 155 Å². The SMILES string of the molecule is COc1cccc2c1C(=O)c1c(O)c3c(c(O)c1C2=O)C[C@@](O)(C(=O)N(C)CCN(C)C(=O)CNC(C)C)C[C@@H]3OC1CC(NCCCC(OC(C)=O)OC(C)=O)C(O)C(C)O1. The number of carbonyl (C=O) groups excluding carboxylic acids is 6. The summed E-state index contributed by atoms with van der Waals surface area (Å²) in [5.41, 5.74) is -3.86. The number of carbonyl (C=O) groups is 6. The molecule has 1 saturated heterocycles. The van der Waals surface area contributed by atoms with Gasteiger partial charge in [0.25, 0.3) is 5.91 Å². The van der Waals surface area contributed by atoms with Gasteiger partial charge in [-0.1, -0.05) is 26.0 Å². The van der Waals surface area contributed by atoms with Crippen LogP contribution in [0.25, 0.3) is 0 Å². The molecule has 4 unspecified atom stereocenters. The first-order valence-electron chi connectivity index (χ1n) is 20.6. The molecule has 1 aliphatic heterocycles. The highest BCUT2D eigenvalue weighted by Gasteiger charge is 2.51. The third-order valence-electron chi connectivity index (χ3n) is 11.3. The second kappa shape index (κ2) is 19.9. The van der Waals surface area contributed by atoms with E-state index in [1.807, 2.05) is 13.8 Å². The van der Waals surface area contributed by atoms with Gasteiger partial charge >= 0.3 is 11.9 Å². The molecule has 62 heavy (non-hydrogen) atoms. The molecule has 5 rings (SSSR count). The summed E-state index contributed by atoms with van der Waals surface area (Å²) < 4.78 is 28.0. The van der Waals surface area contributed by atoms with E-state index in [-0.39, 0.29) is 79.0 Å². The number of hydrogen-bond acceptors (Lipinski definition) is 17. The van der Waals surface area contributed by atoms with Crippen LogP contribution in [0.3, 0.4) is 0 Å². The summed E-state index contributed by atoms with van der Waals surface area (Å²) in [5, 5.41) is 53.6. The summed E-state index contributed by atoms with van der Waals surface area (Å²) in [5.74, 6) is -5.22. The maximum Gasteiger partial charge on any atom is 0.305 e. The highest BCUT2D eigenvalue weighted by molar-refractivity contribution is 6.31. The van der Waals surface area contributed by atoms with Crippen LogP contribution in [0.4, 0.5) is 0 Å². The predicted octanol–water partition coefficient (Wildman–Crippen LogP) is 1.22. The molecule has 2 aromatic rings. The van der Waals surface area contributed by atoms with Gasteiger partial charge < -0.3 is 64.5 Å². The van der Waals surface area contributed by atoms with Crippen molar-refractivity contribution in [1.82, 2.24) is 20.4 Å². The van der Waals surface area contributed by atoms with Crippen molar-refractivity contribution >= 4 is 35.3 Å². The summed E-state index contributed by atoms with van der Waals surface area (Å²) in [7, 11) is 4.34. The Morgan fingerprint density at radius 3 is 2.24 bits per heavy atom. The second-order valence-corrected chi connectivity index (χ2v) is 16.3. The minimum absolute atomic E-state index is 0.00730. The van der Waals surface area contributed by atoms with Crippen LogP contribution in [0.1, 0.15) is 109 Å². The van der Waals surface area contributed by atoms with E-state index < -0.39 is 107 Å². The van der Waals surface area contributed by atoms with Crippen LogP contribution in [0.5, 0.6) is 17.2 Å². The minimum Gasteiger partial charge on any atom is -0.507 e. The van der Waals surface area contributed by atoms with Gasteiger partial charge in [0, 0.05) is 95.5 Å². The van der Waals surface area contributed by atoms with Crippen LogP contribution < -0.4 is 15.4 Å². The van der Waals surface area contributed by atoms with E-state index in [1.165, 1.54) is 56.0 Å². The van der Waals surface area contributed by atoms with E-state index in [0.29, 0.717) is 6.42 Å². The highest BCUT2D eigenvalue weighted by Crippen LogP contribution is 2.52. The van der Waals surface area contributed by atoms with Crippen molar-refractivity contribution in [3.63, 3.8) is 0 Å². The predicted molar refractivity (Wildman–Crippen MR) is 218 cm³/mol. The molecule has 2 aliphatic carbocycles. The Hall–Kier alpha value is -5.18. The number of rotatable bonds is 17. The molecule has 2 amide bonds. The molecule has 0 spiro atoms. The molecule has 19 heteroatoms. The highest BCUT2D eigenvalue weighted by atomic mass is 16.7. The zero-order chi connectivity index (χ0) is 45.8. The zero-order valence-electron chi connectivity index (χ0n) is 36.3. The molecule has 6 N–H and O–H groups in total. The van der Waals surface area contributed by atoms with Crippen molar-refractivity contribution in [1.29, 1.82) is 0 Å². The normalized spacial score (nSPS) is 23.0. The summed E-state index contributed by atoms with van der Waals surface area (Å²) in [6.07, 6.45) is -6.18. The number of amides is 2. The summed E-state index contributed by atoms with van der Waals surface area (Å²) >= 11 is 0. The van der Waals surface area contributed by atoms with Gasteiger partial charge in [-0.05, 0) is 26.0 Å².